The minimum absolute atomic E-state index is 0.0318. The summed E-state index contributed by atoms with van der Waals surface area (Å²) in [5, 5.41) is 7.79. The summed E-state index contributed by atoms with van der Waals surface area (Å²) in [6, 6.07) is 0. The van der Waals surface area contributed by atoms with Crippen LogP contribution in [-0.2, 0) is 11.8 Å². The van der Waals surface area contributed by atoms with Crippen molar-refractivity contribution in [1.29, 1.82) is 0 Å². The number of carbonyl (C=O) groups is 1. The minimum Gasteiger partial charge on any atom is -0.383 e. The summed E-state index contributed by atoms with van der Waals surface area (Å²) >= 11 is 0. The summed E-state index contributed by atoms with van der Waals surface area (Å²) in [4.78, 5) is 15.2. The predicted molar refractivity (Wildman–Crippen MR) is 96.7 cm³/mol. The molecule has 4 bridgehead atoms. The Balaban J connectivity index is 1.52. The molecule has 1 N–H and O–H groups in total. The van der Waals surface area contributed by atoms with Crippen LogP contribution in [0.2, 0.25) is 0 Å². The van der Waals surface area contributed by atoms with E-state index in [9.17, 15) is 4.79 Å². The molecule has 6 nitrogen and oxygen atoms in total. The Morgan fingerprint density at radius 1 is 1.32 bits per heavy atom. The second-order valence-electron chi connectivity index (χ2n) is 8.57. The lowest BCUT2D eigenvalue weighted by Gasteiger charge is -2.56. The first-order valence-electron chi connectivity index (χ1n) is 9.54. The SMILES string of the molecule is COCCN(C)c1c(C(=O)NC23CC4CC(CC(C4)C2)C3)cnn1C. The van der Waals surface area contributed by atoms with E-state index >= 15 is 0 Å². The zero-order valence-corrected chi connectivity index (χ0v) is 15.6. The van der Waals surface area contributed by atoms with Gasteiger partial charge in [0.15, 0.2) is 0 Å². The fourth-order valence-electron chi connectivity index (χ4n) is 5.95. The highest BCUT2D eigenvalue weighted by molar-refractivity contribution is 5.99. The molecular weight excluding hydrogens is 316 g/mol. The summed E-state index contributed by atoms with van der Waals surface area (Å²) in [7, 11) is 5.56. The van der Waals surface area contributed by atoms with Crippen molar-refractivity contribution >= 4 is 11.7 Å². The first-order valence-corrected chi connectivity index (χ1v) is 9.54. The number of hydrogen-bond acceptors (Lipinski definition) is 4. The Labute approximate surface area is 149 Å². The van der Waals surface area contributed by atoms with Gasteiger partial charge >= 0.3 is 0 Å². The maximum atomic E-state index is 13.1. The molecule has 0 unspecified atom stereocenters. The van der Waals surface area contributed by atoms with Gasteiger partial charge in [-0.1, -0.05) is 0 Å². The fraction of sp³-hybridized carbons (Fsp3) is 0.789. The van der Waals surface area contributed by atoms with Crippen molar-refractivity contribution in [1.82, 2.24) is 15.1 Å². The zero-order valence-electron chi connectivity index (χ0n) is 15.6. The molecule has 4 aliphatic carbocycles. The van der Waals surface area contributed by atoms with Gasteiger partial charge in [0.2, 0.25) is 0 Å². The third-order valence-corrected chi connectivity index (χ3v) is 6.56. The van der Waals surface area contributed by atoms with Gasteiger partial charge in [-0.3, -0.25) is 9.48 Å². The molecule has 4 fully saturated rings. The van der Waals surface area contributed by atoms with Crippen LogP contribution in [0.5, 0.6) is 0 Å². The number of methoxy groups -OCH3 is 1. The molecule has 5 rings (SSSR count). The number of amides is 1. The normalized spacial score (nSPS) is 32.8. The van der Waals surface area contributed by atoms with Crippen LogP contribution in [0.3, 0.4) is 0 Å². The molecule has 25 heavy (non-hydrogen) atoms. The Hall–Kier alpha value is -1.56. The van der Waals surface area contributed by atoms with Crippen LogP contribution in [0, 0.1) is 17.8 Å². The van der Waals surface area contributed by atoms with Gasteiger partial charge in [-0.25, -0.2) is 0 Å². The van der Waals surface area contributed by atoms with E-state index in [0.717, 1.165) is 30.1 Å². The standard InChI is InChI=1S/C19H30N4O2/c1-22(4-5-25-3)18-16(12-20-23(18)2)17(24)21-19-9-13-6-14(10-19)8-15(7-13)11-19/h12-15H,4-11H2,1-3H3,(H,21,24). The zero-order chi connectivity index (χ0) is 17.6. The summed E-state index contributed by atoms with van der Waals surface area (Å²) in [5.41, 5.74) is 0.709. The maximum absolute atomic E-state index is 13.1. The average Bonchev–Trinajstić information content (AvgIpc) is 2.92. The van der Waals surface area contributed by atoms with Gasteiger partial charge in [0.25, 0.3) is 5.91 Å². The van der Waals surface area contributed by atoms with E-state index in [-0.39, 0.29) is 11.4 Å². The highest BCUT2D eigenvalue weighted by Gasteiger charge is 2.51. The highest BCUT2D eigenvalue weighted by Crippen LogP contribution is 2.55. The van der Waals surface area contributed by atoms with Crippen molar-refractivity contribution < 1.29 is 9.53 Å². The van der Waals surface area contributed by atoms with Gasteiger partial charge in [0.05, 0.1) is 12.8 Å². The van der Waals surface area contributed by atoms with Gasteiger partial charge in [-0.2, -0.15) is 5.10 Å². The van der Waals surface area contributed by atoms with Crippen molar-refractivity contribution in [3.8, 4) is 0 Å². The number of carbonyl (C=O) groups excluding carboxylic acids is 1. The van der Waals surface area contributed by atoms with Crippen LogP contribution in [-0.4, -0.2) is 48.5 Å². The Morgan fingerprint density at radius 3 is 2.48 bits per heavy atom. The number of aromatic nitrogens is 2. The molecule has 1 heterocycles. The molecule has 138 valence electrons. The van der Waals surface area contributed by atoms with Gasteiger partial charge in [0.1, 0.15) is 11.4 Å². The molecule has 4 aliphatic rings. The molecule has 0 atom stereocenters. The molecule has 1 aromatic rings. The molecule has 0 spiro atoms. The van der Waals surface area contributed by atoms with Crippen LogP contribution >= 0.6 is 0 Å². The van der Waals surface area contributed by atoms with Crippen molar-refractivity contribution in [2.75, 3.05) is 32.2 Å². The molecular formula is C19H30N4O2. The number of nitrogens with zero attached hydrogens (tertiary/aromatic N) is 3. The molecule has 1 amide bonds. The van der Waals surface area contributed by atoms with Crippen LogP contribution in [0.4, 0.5) is 5.82 Å². The van der Waals surface area contributed by atoms with Crippen LogP contribution in [0.25, 0.3) is 0 Å². The minimum atomic E-state index is 0.0318. The van der Waals surface area contributed by atoms with Crippen molar-refractivity contribution in [2.24, 2.45) is 24.8 Å². The smallest absolute Gasteiger partial charge is 0.257 e. The van der Waals surface area contributed by atoms with Crippen LogP contribution < -0.4 is 10.2 Å². The van der Waals surface area contributed by atoms with Crippen molar-refractivity contribution in [3.05, 3.63) is 11.8 Å². The first-order chi connectivity index (χ1) is 12.0. The number of nitrogens with one attached hydrogen (secondary N) is 1. The molecule has 0 saturated heterocycles. The van der Waals surface area contributed by atoms with E-state index in [1.807, 2.05) is 19.0 Å². The number of rotatable bonds is 6. The van der Waals surface area contributed by atoms with Gasteiger partial charge in [-0.05, 0) is 56.3 Å². The summed E-state index contributed by atoms with van der Waals surface area (Å²) in [6.45, 7) is 1.35. The molecule has 6 heteroatoms. The fourth-order valence-corrected chi connectivity index (χ4v) is 5.95. The average molecular weight is 346 g/mol. The van der Waals surface area contributed by atoms with Gasteiger partial charge in [0, 0.05) is 33.3 Å². The summed E-state index contributed by atoms with van der Waals surface area (Å²) < 4.78 is 6.95. The Morgan fingerprint density at radius 2 is 1.92 bits per heavy atom. The number of ether oxygens (including phenoxy) is 1. The lowest BCUT2D eigenvalue weighted by atomic mass is 9.53. The van der Waals surface area contributed by atoms with Gasteiger partial charge < -0.3 is 15.0 Å². The predicted octanol–water partition coefficient (Wildman–Crippen LogP) is 2.20. The van der Waals surface area contributed by atoms with Crippen LogP contribution in [0.15, 0.2) is 6.20 Å². The lowest BCUT2D eigenvalue weighted by molar-refractivity contribution is -0.0166. The van der Waals surface area contributed by atoms with E-state index in [1.54, 1.807) is 18.0 Å². The Bertz CT molecular complexity index is 619. The third-order valence-electron chi connectivity index (χ3n) is 6.56. The number of aryl methyl sites for hydroxylation is 1. The number of anilines is 1. The van der Waals surface area contributed by atoms with Gasteiger partial charge in [-0.15, -0.1) is 0 Å². The van der Waals surface area contributed by atoms with E-state index in [1.165, 1.54) is 38.5 Å². The highest BCUT2D eigenvalue weighted by atomic mass is 16.5. The maximum Gasteiger partial charge on any atom is 0.257 e. The second-order valence-corrected chi connectivity index (χ2v) is 8.57. The molecule has 0 aliphatic heterocycles. The molecule has 0 radical (unpaired) electrons. The first kappa shape index (κ1) is 16.9. The monoisotopic (exact) mass is 346 g/mol. The number of likely N-dealkylation sites (N-methyl/N-ethyl adjacent to an activating group) is 1. The third kappa shape index (κ3) is 3.05. The Kier molecular flexibility index (Phi) is 4.26. The quantitative estimate of drug-likeness (QED) is 0.858. The van der Waals surface area contributed by atoms with Crippen LogP contribution in [0.1, 0.15) is 48.9 Å². The lowest BCUT2D eigenvalue weighted by Crippen LogP contribution is -2.59. The largest absolute Gasteiger partial charge is 0.383 e. The second kappa shape index (κ2) is 6.31. The van der Waals surface area contributed by atoms with E-state index in [4.69, 9.17) is 4.74 Å². The van der Waals surface area contributed by atoms with E-state index in [0.29, 0.717) is 12.2 Å². The topological polar surface area (TPSA) is 59.4 Å². The molecule has 4 saturated carbocycles. The molecule has 0 aromatic carbocycles. The summed E-state index contributed by atoms with van der Waals surface area (Å²) in [6.07, 6.45) is 9.35. The van der Waals surface area contributed by atoms with Crippen molar-refractivity contribution in [2.45, 2.75) is 44.1 Å². The van der Waals surface area contributed by atoms with Crippen molar-refractivity contribution in [3.63, 3.8) is 0 Å². The summed E-state index contributed by atoms with van der Waals surface area (Å²) in [5.74, 6) is 3.37. The van der Waals surface area contributed by atoms with E-state index in [2.05, 4.69) is 10.4 Å². The number of hydrogen-bond donors (Lipinski definition) is 1. The van der Waals surface area contributed by atoms with E-state index < -0.39 is 0 Å². The molecule has 1 aromatic heterocycles.